The number of benzene rings is 2. The Morgan fingerprint density at radius 3 is 2.38 bits per heavy atom. The van der Waals surface area contributed by atoms with E-state index in [0.29, 0.717) is 17.9 Å². The van der Waals surface area contributed by atoms with E-state index < -0.39 is 12.8 Å². The van der Waals surface area contributed by atoms with E-state index >= 15 is 0 Å². The highest BCUT2D eigenvalue weighted by Crippen LogP contribution is 2.21. The van der Waals surface area contributed by atoms with Crippen LogP contribution < -0.4 is 5.32 Å². The van der Waals surface area contributed by atoms with E-state index in [1.54, 1.807) is 24.3 Å². The van der Waals surface area contributed by atoms with Crippen LogP contribution in [-0.2, 0) is 22.7 Å². The number of aryl methyl sites for hydroxylation is 1. The molecule has 0 saturated heterocycles. The van der Waals surface area contributed by atoms with Crippen molar-refractivity contribution in [2.24, 2.45) is 0 Å². The van der Waals surface area contributed by atoms with Crippen molar-refractivity contribution in [3.63, 3.8) is 0 Å². The molecule has 1 amide bonds. The Morgan fingerprint density at radius 2 is 1.73 bits per heavy atom. The van der Waals surface area contributed by atoms with Gasteiger partial charge in [-0.3, -0.25) is 4.79 Å². The maximum atomic E-state index is 12.0. The molecule has 140 valence electrons. The predicted molar refractivity (Wildman–Crippen MR) is 95.9 cm³/mol. The number of nitrogens with one attached hydrogen (secondary N) is 1. The average Bonchev–Trinajstić information content (AvgIpc) is 2.59. The van der Waals surface area contributed by atoms with Crippen molar-refractivity contribution in [3.8, 4) is 0 Å². The molecule has 2 aromatic rings. The molecule has 0 unspecified atom stereocenters. The van der Waals surface area contributed by atoms with Gasteiger partial charge in [0.05, 0.1) is 12.4 Å². The molecule has 2 aromatic carbocycles. The molecule has 7 heteroatoms. The standard InChI is InChI=1S/C19H20F3NO2S/c1-14-4-2-3-5-17(14)26-12-18(24)23-10-15-6-8-16(9-7-15)11-25-13-19(20,21)22/h2-9H,10-13H2,1H3,(H,23,24). The molecule has 0 aromatic heterocycles. The number of hydrogen-bond acceptors (Lipinski definition) is 3. The smallest absolute Gasteiger partial charge is 0.367 e. The van der Waals surface area contributed by atoms with Crippen LogP contribution >= 0.6 is 11.8 Å². The van der Waals surface area contributed by atoms with Crippen LogP contribution in [0.2, 0.25) is 0 Å². The van der Waals surface area contributed by atoms with Gasteiger partial charge >= 0.3 is 6.18 Å². The number of carbonyl (C=O) groups excluding carboxylic acids is 1. The molecule has 0 aliphatic heterocycles. The Kier molecular flexibility index (Phi) is 7.53. The summed E-state index contributed by atoms with van der Waals surface area (Å²) in [5, 5.41) is 2.83. The molecule has 0 bridgehead atoms. The van der Waals surface area contributed by atoms with Gasteiger partial charge in [-0.1, -0.05) is 42.5 Å². The Balaban J connectivity index is 1.72. The largest absolute Gasteiger partial charge is 0.411 e. The van der Waals surface area contributed by atoms with Crippen LogP contribution in [0.1, 0.15) is 16.7 Å². The van der Waals surface area contributed by atoms with Gasteiger partial charge in [-0.15, -0.1) is 11.8 Å². The van der Waals surface area contributed by atoms with E-state index in [2.05, 4.69) is 10.1 Å². The minimum Gasteiger partial charge on any atom is -0.367 e. The molecule has 0 heterocycles. The third-order valence-electron chi connectivity index (χ3n) is 3.50. The fourth-order valence-corrected chi connectivity index (χ4v) is 3.01. The molecule has 0 aliphatic rings. The first kappa shape index (κ1) is 20.3. The van der Waals surface area contributed by atoms with Gasteiger partial charge in [-0.05, 0) is 29.7 Å². The van der Waals surface area contributed by atoms with Crippen LogP contribution in [0.4, 0.5) is 13.2 Å². The summed E-state index contributed by atoms with van der Waals surface area (Å²) in [5.74, 6) is 0.254. The highest BCUT2D eigenvalue weighted by molar-refractivity contribution is 8.00. The highest BCUT2D eigenvalue weighted by Gasteiger charge is 2.27. The Morgan fingerprint density at radius 1 is 1.08 bits per heavy atom. The number of rotatable bonds is 8. The van der Waals surface area contributed by atoms with E-state index in [1.807, 2.05) is 31.2 Å². The number of carbonyl (C=O) groups is 1. The Bertz CT molecular complexity index is 717. The summed E-state index contributed by atoms with van der Waals surface area (Å²) in [6.07, 6.45) is -4.32. The number of thioether (sulfide) groups is 1. The predicted octanol–water partition coefficient (Wildman–Crippen LogP) is 4.48. The minimum atomic E-state index is -4.32. The monoisotopic (exact) mass is 383 g/mol. The number of halogens is 3. The second-order valence-corrected chi connectivity index (χ2v) is 6.77. The van der Waals surface area contributed by atoms with Gasteiger partial charge in [-0.2, -0.15) is 13.2 Å². The lowest BCUT2D eigenvalue weighted by atomic mass is 10.1. The first-order chi connectivity index (χ1) is 12.3. The van der Waals surface area contributed by atoms with Gasteiger partial charge in [0, 0.05) is 11.4 Å². The Labute approximate surface area is 154 Å². The lowest BCUT2D eigenvalue weighted by molar-refractivity contribution is -0.176. The third kappa shape index (κ3) is 7.49. The second kappa shape index (κ2) is 9.64. The molecule has 0 aliphatic carbocycles. The molecule has 2 rings (SSSR count). The van der Waals surface area contributed by atoms with Crippen molar-refractivity contribution >= 4 is 17.7 Å². The summed E-state index contributed by atoms with van der Waals surface area (Å²) in [6.45, 7) is 1.01. The van der Waals surface area contributed by atoms with E-state index in [0.717, 1.165) is 16.0 Å². The quantitative estimate of drug-likeness (QED) is 0.683. The zero-order chi connectivity index (χ0) is 19.0. The van der Waals surface area contributed by atoms with Gasteiger partial charge in [0.1, 0.15) is 6.61 Å². The molecule has 26 heavy (non-hydrogen) atoms. The van der Waals surface area contributed by atoms with Crippen LogP contribution in [-0.4, -0.2) is 24.4 Å². The molecule has 3 nitrogen and oxygen atoms in total. The second-order valence-electron chi connectivity index (χ2n) is 5.76. The average molecular weight is 383 g/mol. The zero-order valence-corrected chi connectivity index (χ0v) is 15.1. The molecule has 0 spiro atoms. The molecular formula is C19H20F3NO2S. The lowest BCUT2D eigenvalue weighted by Crippen LogP contribution is -2.24. The molecular weight excluding hydrogens is 363 g/mol. The molecule has 1 N–H and O–H groups in total. The third-order valence-corrected chi connectivity index (χ3v) is 4.68. The van der Waals surface area contributed by atoms with Crippen molar-refractivity contribution < 1.29 is 22.7 Å². The maximum Gasteiger partial charge on any atom is 0.411 e. The number of amides is 1. The summed E-state index contributed by atoms with van der Waals surface area (Å²) in [6, 6.07) is 14.8. The van der Waals surface area contributed by atoms with Crippen molar-refractivity contribution in [1.82, 2.24) is 5.32 Å². The summed E-state index contributed by atoms with van der Waals surface area (Å²) < 4.78 is 40.7. The van der Waals surface area contributed by atoms with E-state index in [-0.39, 0.29) is 12.5 Å². The summed E-state index contributed by atoms with van der Waals surface area (Å²) in [4.78, 5) is 13.0. The normalized spacial score (nSPS) is 11.4. The Hall–Kier alpha value is -1.99. The van der Waals surface area contributed by atoms with Crippen LogP contribution in [0, 0.1) is 6.92 Å². The zero-order valence-electron chi connectivity index (χ0n) is 14.3. The van der Waals surface area contributed by atoms with E-state index in [9.17, 15) is 18.0 Å². The van der Waals surface area contributed by atoms with Crippen LogP contribution in [0.3, 0.4) is 0 Å². The lowest BCUT2D eigenvalue weighted by Gasteiger charge is -2.09. The van der Waals surface area contributed by atoms with E-state index in [1.165, 1.54) is 11.8 Å². The fraction of sp³-hybridized carbons (Fsp3) is 0.316. The summed E-state index contributed by atoms with van der Waals surface area (Å²) in [7, 11) is 0. The minimum absolute atomic E-state index is 0.0733. The molecule has 0 saturated carbocycles. The number of hydrogen-bond donors (Lipinski definition) is 1. The topological polar surface area (TPSA) is 38.3 Å². The van der Waals surface area contributed by atoms with Gasteiger partial charge < -0.3 is 10.1 Å². The van der Waals surface area contributed by atoms with Crippen molar-refractivity contribution in [3.05, 3.63) is 65.2 Å². The van der Waals surface area contributed by atoms with Crippen LogP contribution in [0.15, 0.2) is 53.4 Å². The van der Waals surface area contributed by atoms with Gasteiger partial charge in [0.25, 0.3) is 0 Å². The highest BCUT2D eigenvalue weighted by atomic mass is 32.2. The number of alkyl halides is 3. The van der Waals surface area contributed by atoms with Crippen molar-refractivity contribution in [2.75, 3.05) is 12.4 Å². The summed E-state index contributed by atoms with van der Waals surface area (Å²) in [5.41, 5.74) is 2.66. The van der Waals surface area contributed by atoms with Gasteiger partial charge in [0.2, 0.25) is 5.91 Å². The van der Waals surface area contributed by atoms with Crippen molar-refractivity contribution in [2.45, 2.75) is 31.1 Å². The van der Waals surface area contributed by atoms with Gasteiger partial charge in [0.15, 0.2) is 0 Å². The first-order valence-corrected chi connectivity index (χ1v) is 8.99. The van der Waals surface area contributed by atoms with Gasteiger partial charge in [-0.25, -0.2) is 0 Å². The first-order valence-electron chi connectivity index (χ1n) is 8.01. The molecule has 0 radical (unpaired) electrons. The SMILES string of the molecule is Cc1ccccc1SCC(=O)NCc1ccc(COCC(F)(F)F)cc1. The van der Waals surface area contributed by atoms with Crippen molar-refractivity contribution in [1.29, 1.82) is 0 Å². The fourth-order valence-electron chi connectivity index (χ4n) is 2.15. The van der Waals surface area contributed by atoms with E-state index in [4.69, 9.17) is 0 Å². The summed E-state index contributed by atoms with van der Waals surface area (Å²) >= 11 is 1.48. The molecule has 0 fully saturated rings. The van der Waals surface area contributed by atoms with Crippen LogP contribution in [0.25, 0.3) is 0 Å². The maximum absolute atomic E-state index is 12.0. The molecule has 0 atom stereocenters. The number of ether oxygens (including phenoxy) is 1. The van der Waals surface area contributed by atoms with Crippen LogP contribution in [0.5, 0.6) is 0 Å².